The molecule has 0 aliphatic carbocycles. The van der Waals surface area contributed by atoms with E-state index in [1.807, 2.05) is 0 Å². The summed E-state index contributed by atoms with van der Waals surface area (Å²) in [5, 5.41) is 53.4. The number of amides is 6. The number of carbonyl (C=O) groups is 8. The standard InChI is InChI=1S/C28H47N7O12/c1-12(2)20(33-23(41)15-6-5-11-30-15)25(43)34-22(14(4)37)27(45)35-21(13(3)36)26(44)31-16(7-9-18(29)38)24(42)32-17(28(46)47)8-10-19(39)40/h12-17,20-22,30,36-37H,5-11H2,1-4H3,(H2,29,38)(H,31,44)(H,32,42)(H,33,41)(H,34,43)(H,35,45)(H,39,40)(H,46,47)/t13-,14-,15+,16+,17+,20+,21+,22+/m1/s1. The quantitative estimate of drug-likeness (QED) is 0.0585. The number of aliphatic hydroxyl groups excluding tert-OH is 2. The minimum absolute atomic E-state index is 0.410. The van der Waals surface area contributed by atoms with Gasteiger partial charge in [-0.15, -0.1) is 0 Å². The number of hydrogen-bond donors (Lipinski definition) is 11. The Morgan fingerprint density at radius 1 is 0.702 bits per heavy atom. The second-order valence-electron chi connectivity index (χ2n) is 11.7. The van der Waals surface area contributed by atoms with Crippen molar-refractivity contribution in [3.8, 4) is 0 Å². The summed E-state index contributed by atoms with van der Waals surface area (Å²) < 4.78 is 0. The van der Waals surface area contributed by atoms with E-state index in [0.717, 1.165) is 13.3 Å². The third-order valence-electron chi connectivity index (χ3n) is 7.32. The van der Waals surface area contributed by atoms with Crippen molar-refractivity contribution in [1.29, 1.82) is 0 Å². The summed E-state index contributed by atoms with van der Waals surface area (Å²) in [5.41, 5.74) is 5.15. The molecule has 1 fully saturated rings. The van der Waals surface area contributed by atoms with Gasteiger partial charge in [-0.3, -0.25) is 33.6 Å². The van der Waals surface area contributed by atoms with Crippen molar-refractivity contribution < 1.29 is 58.8 Å². The molecule has 266 valence electrons. The van der Waals surface area contributed by atoms with E-state index in [-0.39, 0.29) is 0 Å². The summed E-state index contributed by atoms with van der Waals surface area (Å²) >= 11 is 0. The summed E-state index contributed by atoms with van der Waals surface area (Å²) in [6.07, 6.45) is -3.75. The number of rotatable bonds is 20. The Bertz CT molecular complexity index is 1160. The first-order valence-electron chi connectivity index (χ1n) is 15.2. The Labute approximate surface area is 271 Å². The number of hydrogen-bond acceptors (Lipinski definition) is 11. The predicted octanol–water partition coefficient (Wildman–Crippen LogP) is -4.21. The van der Waals surface area contributed by atoms with E-state index in [1.54, 1.807) is 13.8 Å². The molecule has 6 amide bonds. The molecule has 8 atom stereocenters. The van der Waals surface area contributed by atoms with Gasteiger partial charge in [-0.1, -0.05) is 13.8 Å². The maximum absolute atomic E-state index is 13.2. The fraction of sp³-hybridized carbons (Fsp3) is 0.714. The van der Waals surface area contributed by atoms with Crippen LogP contribution in [0.4, 0.5) is 0 Å². The predicted molar refractivity (Wildman–Crippen MR) is 162 cm³/mol. The van der Waals surface area contributed by atoms with Gasteiger partial charge >= 0.3 is 11.9 Å². The number of carboxylic acids is 2. The molecule has 1 aliphatic heterocycles. The van der Waals surface area contributed by atoms with Gasteiger partial charge in [0, 0.05) is 12.8 Å². The van der Waals surface area contributed by atoms with Crippen LogP contribution in [-0.2, 0) is 38.4 Å². The minimum atomic E-state index is -1.79. The van der Waals surface area contributed by atoms with Gasteiger partial charge in [0.25, 0.3) is 0 Å². The molecular formula is C28H47N7O12. The summed E-state index contributed by atoms with van der Waals surface area (Å²) in [6, 6.07) is -8.32. The smallest absolute Gasteiger partial charge is 0.326 e. The molecule has 0 aromatic heterocycles. The van der Waals surface area contributed by atoms with Gasteiger partial charge in [-0.25, -0.2) is 4.79 Å². The second-order valence-corrected chi connectivity index (χ2v) is 11.7. The van der Waals surface area contributed by atoms with Crippen LogP contribution in [0.1, 0.15) is 66.2 Å². The lowest BCUT2D eigenvalue weighted by atomic mass is 10.0. The largest absolute Gasteiger partial charge is 0.481 e. The number of aliphatic hydroxyl groups is 2. The Balaban J connectivity index is 3.10. The van der Waals surface area contributed by atoms with E-state index in [2.05, 4.69) is 31.9 Å². The van der Waals surface area contributed by atoms with Crippen LogP contribution >= 0.6 is 0 Å². The zero-order valence-electron chi connectivity index (χ0n) is 26.8. The third kappa shape index (κ3) is 13.9. The van der Waals surface area contributed by atoms with E-state index >= 15 is 0 Å². The summed E-state index contributed by atoms with van der Waals surface area (Å²) in [4.78, 5) is 98.9. The van der Waals surface area contributed by atoms with Gasteiger partial charge < -0.3 is 58.1 Å². The van der Waals surface area contributed by atoms with Gasteiger partial charge in [0.1, 0.15) is 30.2 Å². The number of carboxylic acid groups (broad SMARTS) is 2. The Hall–Kier alpha value is -4.36. The molecule has 12 N–H and O–H groups in total. The van der Waals surface area contributed by atoms with Crippen LogP contribution in [-0.4, -0.2) is 123 Å². The first-order chi connectivity index (χ1) is 21.8. The average Bonchev–Trinajstić information content (AvgIpc) is 3.51. The van der Waals surface area contributed by atoms with Crippen molar-refractivity contribution in [1.82, 2.24) is 31.9 Å². The van der Waals surface area contributed by atoms with Crippen molar-refractivity contribution in [2.24, 2.45) is 11.7 Å². The summed E-state index contributed by atoms with van der Waals surface area (Å²) in [7, 11) is 0. The molecule has 19 nitrogen and oxygen atoms in total. The Morgan fingerprint density at radius 2 is 1.19 bits per heavy atom. The van der Waals surface area contributed by atoms with Crippen LogP contribution in [0.15, 0.2) is 0 Å². The molecule has 19 heteroatoms. The zero-order chi connectivity index (χ0) is 36.0. The van der Waals surface area contributed by atoms with Gasteiger partial charge in [0.2, 0.25) is 35.4 Å². The van der Waals surface area contributed by atoms with Crippen LogP contribution < -0.4 is 37.6 Å². The van der Waals surface area contributed by atoms with Crippen molar-refractivity contribution in [3.05, 3.63) is 0 Å². The lowest BCUT2D eigenvalue weighted by molar-refractivity contribution is -0.143. The molecule has 47 heavy (non-hydrogen) atoms. The first kappa shape index (κ1) is 40.7. The Kier molecular flexibility index (Phi) is 16.7. The number of nitrogens with two attached hydrogens (primary N) is 1. The fourth-order valence-electron chi connectivity index (χ4n) is 4.61. The van der Waals surface area contributed by atoms with E-state index in [9.17, 15) is 53.7 Å². The molecule has 1 aliphatic rings. The summed E-state index contributed by atoms with van der Waals surface area (Å²) in [6.45, 7) is 6.26. The highest BCUT2D eigenvalue weighted by Crippen LogP contribution is 2.10. The highest BCUT2D eigenvalue weighted by atomic mass is 16.4. The fourth-order valence-corrected chi connectivity index (χ4v) is 4.61. The second kappa shape index (κ2) is 19.3. The van der Waals surface area contributed by atoms with E-state index in [4.69, 9.17) is 10.8 Å². The molecule has 1 heterocycles. The van der Waals surface area contributed by atoms with Crippen LogP contribution in [0.3, 0.4) is 0 Å². The first-order valence-corrected chi connectivity index (χ1v) is 15.2. The normalized spacial score (nSPS) is 18.7. The molecule has 0 aromatic rings. The molecule has 0 bridgehead atoms. The number of carbonyl (C=O) groups excluding carboxylic acids is 6. The van der Waals surface area contributed by atoms with Crippen LogP contribution in [0.25, 0.3) is 0 Å². The van der Waals surface area contributed by atoms with Crippen molar-refractivity contribution in [2.75, 3.05) is 6.54 Å². The molecule has 1 saturated heterocycles. The lowest BCUT2D eigenvalue weighted by Crippen LogP contribution is -2.63. The van der Waals surface area contributed by atoms with Crippen molar-refractivity contribution in [3.63, 3.8) is 0 Å². The molecule has 0 saturated carbocycles. The average molecular weight is 674 g/mol. The highest BCUT2D eigenvalue weighted by molar-refractivity contribution is 5.97. The topological polar surface area (TPSA) is 316 Å². The van der Waals surface area contributed by atoms with E-state index in [1.165, 1.54) is 6.92 Å². The van der Waals surface area contributed by atoms with Crippen molar-refractivity contribution >= 4 is 47.4 Å². The number of primary amides is 1. The molecule has 0 radical (unpaired) electrons. The van der Waals surface area contributed by atoms with Gasteiger partial charge in [0.05, 0.1) is 18.2 Å². The van der Waals surface area contributed by atoms with Gasteiger partial charge in [-0.2, -0.15) is 0 Å². The van der Waals surface area contributed by atoms with Crippen LogP contribution in [0, 0.1) is 5.92 Å². The van der Waals surface area contributed by atoms with E-state index < -0.39 is 127 Å². The van der Waals surface area contributed by atoms with Crippen LogP contribution in [0.5, 0.6) is 0 Å². The van der Waals surface area contributed by atoms with Crippen molar-refractivity contribution in [2.45, 2.75) is 115 Å². The number of nitrogens with one attached hydrogen (secondary N) is 6. The third-order valence-corrected chi connectivity index (χ3v) is 7.32. The highest BCUT2D eigenvalue weighted by Gasteiger charge is 2.37. The zero-order valence-corrected chi connectivity index (χ0v) is 26.8. The van der Waals surface area contributed by atoms with Gasteiger partial charge in [-0.05, 0) is 52.0 Å². The maximum Gasteiger partial charge on any atom is 0.326 e. The summed E-state index contributed by atoms with van der Waals surface area (Å²) in [5.74, 6) is -8.79. The van der Waals surface area contributed by atoms with Crippen LogP contribution in [0.2, 0.25) is 0 Å². The van der Waals surface area contributed by atoms with E-state index in [0.29, 0.717) is 13.0 Å². The Morgan fingerprint density at radius 3 is 1.62 bits per heavy atom. The molecule has 1 rings (SSSR count). The molecular weight excluding hydrogens is 626 g/mol. The van der Waals surface area contributed by atoms with Gasteiger partial charge in [0.15, 0.2) is 0 Å². The molecule has 0 aromatic carbocycles. The minimum Gasteiger partial charge on any atom is -0.481 e. The molecule has 0 unspecified atom stereocenters. The maximum atomic E-state index is 13.2. The number of aliphatic carboxylic acids is 2. The molecule has 0 spiro atoms. The lowest BCUT2D eigenvalue weighted by Gasteiger charge is -2.29. The monoisotopic (exact) mass is 673 g/mol. The SMILES string of the molecule is CC(C)[C@H](NC(=O)[C@@H]1CCCN1)C(=O)N[C@H](C(=O)N[C@H](C(=O)N[C@@H](CCC(N)=O)C(=O)N[C@@H](CCC(=O)O)C(=O)O)[C@@H](C)O)[C@@H](C)O.